The summed E-state index contributed by atoms with van der Waals surface area (Å²) in [5, 5.41) is 3.54. The molecule has 1 N–H and O–H groups in total. The fraction of sp³-hybridized carbons (Fsp3) is 0.615. The lowest BCUT2D eigenvalue weighted by Gasteiger charge is -2.19. The van der Waals surface area contributed by atoms with Crippen LogP contribution in [0.15, 0.2) is 24.5 Å². The number of nitrogens with one attached hydrogen (secondary N) is 1. The summed E-state index contributed by atoms with van der Waals surface area (Å²) in [6, 6.07) is 4.93. The predicted octanol–water partition coefficient (Wildman–Crippen LogP) is 1.66. The first kappa shape index (κ1) is 11.6. The van der Waals surface area contributed by atoms with E-state index in [4.69, 9.17) is 0 Å². The highest BCUT2D eigenvalue weighted by Crippen LogP contribution is 2.10. The zero-order valence-corrected chi connectivity index (χ0v) is 10.0. The average Bonchev–Trinajstić information content (AvgIpc) is 2.81. The maximum absolute atomic E-state index is 4.03. The Labute approximate surface area is 97.9 Å². The summed E-state index contributed by atoms with van der Waals surface area (Å²) in [5.74, 6) is 0. The van der Waals surface area contributed by atoms with Crippen LogP contribution in [0.1, 0.15) is 24.8 Å². The molecule has 88 valence electrons. The van der Waals surface area contributed by atoms with Crippen LogP contribution in [0.2, 0.25) is 0 Å². The van der Waals surface area contributed by atoms with Crippen molar-refractivity contribution in [2.75, 3.05) is 20.1 Å². The fourth-order valence-corrected chi connectivity index (χ4v) is 2.26. The molecule has 16 heavy (non-hydrogen) atoms. The highest BCUT2D eigenvalue weighted by Gasteiger charge is 2.14. The van der Waals surface area contributed by atoms with E-state index in [1.165, 1.54) is 37.9 Å². The van der Waals surface area contributed by atoms with Crippen molar-refractivity contribution in [3.63, 3.8) is 0 Å². The van der Waals surface area contributed by atoms with Gasteiger partial charge in [-0.15, -0.1) is 0 Å². The number of aromatic nitrogens is 1. The highest BCUT2D eigenvalue weighted by atomic mass is 15.1. The second-order valence-corrected chi connectivity index (χ2v) is 4.68. The Kier molecular flexibility index (Phi) is 4.31. The van der Waals surface area contributed by atoms with Gasteiger partial charge in [-0.1, -0.05) is 0 Å². The van der Waals surface area contributed by atoms with Crippen molar-refractivity contribution in [3.05, 3.63) is 30.1 Å². The normalized spacial score (nSPS) is 20.5. The van der Waals surface area contributed by atoms with E-state index >= 15 is 0 Å². The molecule has 1 aromatic rings. The van der Waals surface area contributed by atoms with E-state index in [9.17, 15) is 0 Å². The van der Waals surface area contributed by atoms with Gasteiger partial charge in [-0.05, 0) is 57.1 Å². The third-order valence-corrected chi connectivity index (χ3v) is 3.22. The van der Waals surface area contributed by atoms with Crippen LogP contribution in [0.25, 0.3) is 0 Å². The highest BCUT2D eigenvalue weighted by molar-refractivity contribution is 5.09. The molecule has 0 bridgehead atoms. The largest absolute Gasteiger partial charge is 0.314 e. The van der Waals surface area contributed by atoms with E-state index in [1.54, 1.807) is 0 Å². The van der Waals surface area contributed by atoms with Gasteiger partial charge in [-0.25, -0.2) is 0 Å². The van der Waals surface area contributed by atoms with Crippen LogP contribution in [0.3, 0.4) is 0 Å². The fourth-order valence-electron chi connectivity index (χ4n) is 2.26. The Morgan fingerprint density at radius 2 is 2.25 bits per heavy atom. The minimum atomic E-state index is 0.750. The van der Waals surface area contributed by atoms with Gasteiger partial charge < -0.3 is 10.2 Å². The van der Waals surface area contributed by atoms with Crippen LogP contribution in [0.4, 0.5) is 0 Å². The first-order valence-corrected chi connectivity index (χ1v) is 6.15. The van der Waals surface area contributed by atoms with Crippen molar-refractivity contribution < 1.29 is 0 Å². The molecule has 1 saturated heterocycles. The van der Waals surface area contributed by atoms with Crippen molar-refractivity contribution in [1.82, 2.24) is 15.2 Å². The quantitative estimate of drug-likeness (QED) is 0.816. The number of rotatable bonds is 5. The van der Waals surface area contributed by atoms with E-state index < -0.39 is 0 Å². The number of pyridine rings is 1. The minimum absolute atomic E-state index is 0.750. The maximum atomic E-state index is 4.03. The topological polar surface area (TPSA) is 28.2 Å². The molecule has 1 fully saturated rings. The van der Waals surface area contributed by atoms with Crippen LogP contribution < -0.4 is 5.32 Å². The van der Waals surface area contributed by atoms with Gasteiger partial charge in [-0.3, -0.25) is 4.98 Å². The molecule has 0 spiro atoms. The Hall–Kier alpha value is -0.930. The molecule has 0 saturated carbocycles. The molecule has 1 aliphatic rings. The third-order valence-electron chi connectivity index (χ3n) is 3.22. The van der Waals surface area contributed by atoms with Gasteiger partial charge >= 0.3 is 0 Å². The summed E-state index contributed by atoms with van der Waals surface area (Å²) >= 11 is 0. The zero-order chi connectivity index (χ0) is 11.2. The Balaban J connectivity index is 1.69. The molecule has 0 aromatic carbocycles. The molecule has 0 radical (unpaired) electrons. The third kappa shape index (κ3) is 3.58. The van der Waals surface area contributed by atoms with Crippen LogP contribution in [0.5, 0.6) is 0 Å². The molecule has 2 heterocycles. The van der Waals surface area contributed by atoms with Gasteiger partial charge in [0.15, 0.2) is 0 Å². The van der Waals surface area contributed by atoms with E-state index in [0.29, 0.717) is 0 Å². The second-order valence-electron chi connectivity index (χ2n) is 4.68. The van der Waals surface area contributed by atoms with Crippen LogP contribution in [-0.2, 0) is 6.54 Å². The van der Waals surface area contributed by atoms with Gasteiger partial charge in [0.05, 0.1) is 0 Å². The summed E-state index contributed by atoms with van der Waals surface area (Å²) in [4.78, 5) is 6.42. The summed E-state index contributed by atoms with van der Waals surface area (Å²) in [6.07, 6.45) is 7.69. The smallest absolute Gasteiger partial charge is 0.0271 e. The predicted molar refractivity (Wildman–Crippen MR) is 66.2 cm³/mol. The molecular formula is C13H21N3. The molecule has 0 amide bonds. The summed E-state index contributed by atoms with van der Waals surface area (Å²) < 4.78 is 0. The molecule has 1 atom stereocenters. The second kappa shape index (κ2) is 5.97. The Morgan fingerprint density at radius 1 is 1.44 bits per heavy atom. The van der Waals surface area contributed by atoms with Gasteiger partial charge in [0, 0.05) is 25.0 Å². The number of nitrogens with zero attached hydrogens (tertiary/aromatic N) is 2. The number of hydrogen-bond donors (Lipinski definition) is 1. The molecule has 0 aliphatic carbocycles. The van der Waals surface area contributed by atoms with Gasteiger partial charge in [0.2, 0.25) is 0 Å². The van der Waals surface area contributed by atoms with Crippen molar-refractivity contribution in [2.24, 2.45) is 0 Å². The Morgan fingerprint density at radius 3 is 2.94 bits per heavy atom. The summed E-state index contributed by atoms with van der Waals surface area (Å²) in [7, 11) is 2.19. The minimum Gasteiger partial charge on any atom is -0.314 e. The standard InChI is InChI=1S/C13H21N3/c1-16(10-6-13-3-2-7-15-13)11-12-4-8-14-9-5-12/h4-5,8-9,13,15H,2-3,6-7,10-11H2,1H3. The Bertz CT molecular complexity index is 293. The zero-order valence-electron chi connectivity index (χ0n) is 10.0. The van der Waals surface area contributed by atoms with Gasteiger partial charge in [-0.2, -0.15) is 0 Å². The van der Waals surface area contributed by atoms with Crippen LogP contribution >= 0.6 is 0 Å². The van der Waals surface area contributed by atoms with Gasteiger partial charge in [0.1, 0.15) is 0 Å². The SMILES string of the molecule is CN(CCC1CCCN1)Cc1ccncc1. The molecular weight excluding hydrogens is 198 g/mol. The molecule has 1 unspecified atom stereocenters. The molecule has 1 aliphatic heterocycles. The molecule has 2 rings (SSSR count). The van der Waals surface area contributed by atoms with Crippen LogP contribution in [0, 0.1) is 0 Å². The lowest BCUT2D eigenvalue weighted by atomic mass is 10.1. The molecule has 3 heteroatoms. The molecule has 3 nitrogen and oxygen atoms in total. The van der Waals surface area contributed by atoms with Crippen molar-refractivity contribution in [1.29, 1.82) is 0 Å². The van der Waals surface area contributed by atoms with E-state index in [1.807, 2.05) is 12.4 Å². The summed E-state index contributed by atoms with van der Waals surface area (Å²) in [5.41, 5.74) is 1.34. The van der Waals surface area contributed by atoms with Crippen LogP contribution in [-0.4, -0.2) is 36.1 Å². The van der Waals surface area contributed by atoms with Crippen molar-refractivity contribution in [2.45, 2.75) is 31.8 Å². The lowest BCUT2D eigenvalue weighted by molar-refractivity contribution is 0.305. The van der Waals surface area contributed by atoms with Crippen molar-refractivity contribution in [3.8, 4) is 0 Å². The maximum Gasteiger partial charge on any atom is 0.0271 e. The van der Waals surface area contributed by atoms with Crippen molar-refractivity contribution >= 4 is 0 Å². The molecule has 1 aromatic heterocycles. The van der Waals surface area contributed by atoms with E-state index in [-0.39, 0.29) is 0 Å². The lowest BCUT2D eigenvalue weighted by Crippen LogP contribution is -2.28. The van der Waals surface area contributed by atoms with Gasteiger partial charge in [0.25, 0.3) is 0 Å². The monoisotopic (exact) mass is 219 g/mol. The van der Waals surface area contributed by atoms with E-state index in [0.717, 1.165) is 12.6 Å². The van der Waals surface area contributed by atoms with E-state index in [2.05, 4.69) is 34.4 Å². The average molecular weight is 219 g/mol. The first-order valence-electron chi connectivity index (χ1n) is 6.15. The summed E-state index contributed by atoms with van der Waals surface area (Å²) in [6.45, 7) is 3.40. The number of hydrogen-bond acceptors (Lipinski definition) is 3. The first-order chi connectivity index (χ1) is 7.84.